The van der Waals surface area contributed by atoms with Gasteiger partial charge in [-0.25, -0.2) is 0 Å². The van der Waals surface area contributed by atoms with E-state index in [0.717, 1.165) is 0 Å². The Morgan fingerprint density at radius 2 is 1.06 bits per heavy atom. The van der Waals surface area contributed by atoms with Gasteiger partial charge in [0.1, 0.15) is 0 Å². The van der Waals surface area contributed by atoms with Gasteiger partial charge in [0.25, 0.3) is 0 Å². The Balaban J connectivity index is 3.75. The molecule has 0 atom stereocenters. The summed E-state index contributed by atoms with van der Waals surface area (Å²) in [5.41, 5.74) is 0. The maximum absolute atomic E-state index is 2.84. The molecule has 0 saturated carbocycles. The molecular weight excluding hydrogens is 326 g/mol. The van der Waals surface area contributed by atoms with E-state index in [-0.39, 0.29) is 0 Å². The van der Waals surface area contributed by atoms with E-state index in [4.69, 9.17) is 0 Å². The SMILES string of the molecule is CCCCCCP(C)(C)(I)CCCCCC. The monoisotopic (exact) mass is 358 g/mol. The summed E-state index contributed by atoms with van der Waals surface area (Å²) in [5.74, 6) is 0. The third-order valence-electron chi connectivity index (χ3n) is 3.40. The first kappa shape index (κ1) is 17.2. The van der Waals surface area contributed by atoms with E-state index in [0.29, 0.717) is 0 Å². The summed E-state index contributed by atoms with van der Waals surface area (Å²) in [6, 6.07) is 0. The van der Waals surface area contributed by atoms with Crippen LogP contribution in [0.5, 0.6) is 0 Å². The molecule has 0 aliphatic carbocycles. The zero-order valence-corrected chi connectivity index (χ0v) is 14.9. The molecule has 100 valence electrons. The Labute approximate surface area is 117 Å². The Morgan fingerprint density at radius 3 is 1.38 bits per heavy atom. The second-order valence-electron chi connectivity index (χ2n) is 6.08. The van der Waals surface area contributed by atoms with Crippen molar-refractivity contribution >= 4 is 26.3 Å². The Bertz CT molecular complexity index is 153. The molecule has 0 nitrogen and oxygen atoms in total. The predicted molar refractivity (Wildman–Crippen MR) is 90.8 cm³/mol. The van der Waals surface area contributed by atoms with Crippen LogP contribution in [0.1, 0.15) is 65.2 Å². The van der Waals surface area contributed by atoms with Crippen LogP contribution in [0.2, 0.25) is 0 Å². The Morgan fingerprint density at radius 1 is 0.688 bits per heavy atom. The third kappa shape index (κ3) is 10.3. The summed E-state index contributed by atoms with van der Waals surface area (Å²) in [7, 11) is 0. The van der Waals surface area contributed by atoms with Crippen LogP contribution in [0.15, 0.2) is 0 Å². The van der Waals surface area contributed by atoms with Crippen molar-refractivity contribution in [3.8, 4) is 0 Å². The van der Waals surface area contributed by atoms with Crippen LogP contribution in [0.25, 0.3) is 0 Å². The van der Waals surface area contributed by atoms with E-state index >= 15 is 0 Å². The van der Waals surface area contributed by atoms with Crippen LogP contribution >= 0.6 is 26.3 Å². The van der Waals surface area contributed by atoms with Crippen molar-refractivity contribution < 1.29 is 0 Å². The first-order valence-corrected chi connectivity index (χ1v) is 13.4. The molecule has 0 aliphatic rings. The molecule has 0 amide bonds. The summed E-state index contributed by atoms with van der Waals surface area (Å²) < 4.78 is -1.30. The fourth-order valence-electron chi connectivity index (χ4n) is 2.16. The molecule has 0 N–H and O–H groups in total. The standard InChI is InChI=1S/C14H32IP/c1-5-7-9-11-13-16(3,4,15)14-12-10-8-6-2/h5-14H2,1-4H3. The quantitative estimate of drug-likeness (QED) is 0.244. The van der Waals surface area contributed by atoms with E-state index < -0.39 is 4.25 Å². The Hall–Kier alpha value is 1.16. The molecule has 0 heterocycles. The van der Waals surface area contributed by atoms with Crippen LogP contribution in [0.3, 0.4) is 0 Å². The van der Waals surface area contributed by atoms with Gasteiger partial charge in [0.05, 0.1) is 0 Å². The second-order valence-corrected chi connectivity index (χ2v) is 21.9. The van der Waals surface area contributed by atoms with Crippen molar-refractivity contribution in [1.29, 1.82) is 0 Å². The first-order valence-electron chi connectivity index (χ1n) is 7.11. The third-order valence-corrected chi connectivity index (χ3v) is 9.69. The molecule has 0 fully saturated rings. The summed E-state index contributed by atoms with van der Waals surface area (Å²) in [4.78, 5) is 0. The van der Waals surface area contributed by atoms with Gasteiger partial charge in [-0.15, -0.1) is 0 Å². The molecular formula is C14H32IP. The molecule has 0 aromatic heterocycles. The van der Waals surface area contributed by atoms with Crippen LogP contribution in [0, 0.1) is 0 Å². The number of hydrogen-bond acceptors (Lipinski definition) is 0. The topological polar surface area (TPSA) is 0 Å². The fraction of sp³-hybridized carbons (Fsp3) is 1.00. The van der Waals surface area contributed by atoms with Crippen LogP contribution in [-0.2, 0) is 0 Å². The average Bonchev–Trinajstić information content (AvgIpc) is 2.19. The average molecular weight is 358 g/mol. The molecule has 16 heavy (non-hydrogen) atoms. The van der Waals surface area contributed by atoms with Crippen LogP contribution in [-0.4, -0.2) is 25.7 Å². The summed E-state index contributed by atoms with van der Waals surface area (Å²) >= 11 is 2.84. The fourth-order valence-corrected chi connectivity index (χ4v) is 6.83. The minimum atomic E-state index is -1.30. The second kappa shape index (κ2) is 8.29. The number of hydrogen-bond donors (Lipinski definition) is 0. The summed E-state index contributed by atoms with van der Waals surface area (Å²) in [5, 5.41) is 0. The van der Waals surface area contributed by atoms with E-state index in [2.05, 4.69) is 49.2 Å². The van der Waals surface area contributed by atoms with E-state index in [1.807, 2.05) is 0 Å². The summed E-state index contributed by atoms with van der Waals surface area (Å²) in [6.45, 7) is 9.77. The Kier molecular flexibility index (Phi) is 8.90. The number of unbranched alkanes of at least 4 members (excludes halogenated alkanes) is 6. The molecule has 0 rings (SSSR count). The van der Waals surface area contributed by atoms with E-state index in [1.54, 1.807) is 0 Å². The van der Waals surface area contributed by atoms with Gasteiger partial charge < -0.3 is 0 Å². The van der Waals surface area contributed by atoms with Gasteiger partial charge in [0.2, 0.25) is 0 Å². The predicted octanol–water partition coefficient (Wildman–Crippen LogP) is 6.31. The van der Waals surface area contributed by atoms with Crippen LogP contribution < -0.4 is 0 Å². The molecule has 0 bridgehead atoms. The molecule has 0 radical (unpaired) electrons. The molecule has 0 aromatic carbocycles. The zero-order valence-electron chi connectivity index (χ0n) is 11.9. The van der Waals surface area contributed by atoms with Crippen molar-refractivity contribution in [3.63, 3.8) is 0 Å². The van der Waals surface area contributed by atoms with Gasteiger partial charge in [0, 0.05) is 0 Å². The van der Waals surface area contributed by atoms with Gasteiger partial charge in [-0.05, 0) is 0 Å². The van der Waals surface area contributed by atoms with Gasteiger partial charge in [0.15, 0.2) is 0 Å². The number of halogens is 1. The normalized spacial score (nSPS) is 14.7. The maximum atomic E-state index is 2.84. The van der Waals surface area contributed by atoms with Gasteiger partial charge in [-0.1, -0.05) is 0 Å². The molecule has 0 aliphatic heterocycles. The van der Waals surface area contributed by atoms with Crippen molar-refractivity contribution in [1.82, 2.24) is 0 Å². The van der Waals surface area contributed by atoms with Gasteiger partial charge in [-0.3, -0.25) is 0 Å². The zero-order chi connectivity index (χ0) is 12.5. The molecule has 0 aromatic rings. The van der Waals surface area contributed by atoms with Gasteiger partial charge >= 0.3 is 117 Å². The van der Waals surface area contributed by atoms with Crippen molar-refractivity contribution in [2.45, 2.75) is 65.2 Å². The van der Waals surface area contributed by atoms with Gasteiger partial charge in [-0.2, -0.15) is 0 Å². The summed E-state index contributed by atoms with van der Waals surface area (Å²) in [6.07, 6.45) is 14.4. The minimum absolute atomic E-state index is 1.30. The molecule has 0 spiro atoms. The van der Waals surface area contributed by atoms with E-state index in [9.17, 15) is 0 Å². The van der Waals surface area contributed by atoms with Crippen molar-refractivity contribution in [2.24, 2.45) is 0 Å². The first-order chi connectivity index (χ1) is 7.39. The van der Waals surface area contributed by atoms with E-state index in [1.165, 1.54) is 63.7 Å². The van der Waals surface area contributed by atoms with Crippen molar-refractivity contribution in [3.05, 3.63) is 0 Å². The molecule has 2 heteroatoms. The molecule has 0 unspecified atom stereocenters. The molecule has 0 saturated heterocycles. The van der Waals surface area contributed by atoms with Crippen molar-refractivity contribution in [2.75, 3.05) is 25.7 Å². The van der Waals surface area contributed by atoms with Crippen LogP contribution in [0.4, 0.5) is 0 Å². The number of rotatable bonds is 10.